The number of amides is 1. The number of primary amides is 1. The first-order valence-corrected chi connectivity index (χ1v) is 9.05. The second-order valence-electron chi connectivity index (χ2n) is 4.99. The summed E-state index contributed by atoms with van der Waals surface area (Å²) in [5, 5.41) is 0. The van der Waals surface area contributed by atoms with Gasteiger partial charge in [0.2, 0.25) is 0 Å². The van der Waals surface area contributed by atoms with Gasteiger partial charge in [-0.15, -0.1) is 0 Å². The second kappa shape index (κ2) is 6.77. The maximum atomic E-state index is 12.6. The Hall–Kier alpha value is -1.10. The number of hydrogen-bond acceptors (Lipinski definition) is 5. The molecule has 1 aromatic rings. The van der Waals surface area contributed by atoms with Gasteiger partial charge in [-0.25, -0.2) is 0 Å². The highest BCUT2D eigenvalue weighted by Crippen LogP contribution is 2.52. The van der Waals surface area contributed by atoms with Crippen LogP contribution in [0.15, 0.2) is 4.42 Å². The second-order valence-corrected chi connectivity index (χ2v) is 7.04. The molecule has 0 radical (unpaired) electrons. The third-order valence-corrected chi connectivity index (χ3v) is 5.49. The van der Waals surface area contributed by atoms with E-state index < -0.39 is 13.5 Å². The highest BCUT2D eigenvalue weighted by Gasteiger charge is 2.32. The molecule has 1 heterocycles. The number of fused-ring (bicyclic) bond motifs is 1. The Kier molecular flexibility index (Phi) is 5.25. The van der Waals surface area contributed by atoms with Crippen LogP contribution in [0.5, 0.6) is 0 Å². The molecule has 0 saturated heterocycles. The van der Waals surface area contributed by atoms with Gasteiger partial charge in [-0.1, -0.05) is 0 Å². The predicted octanol–water partition coefficient (Wildman–Crippen LogP) is 3.02. The summed E-state index contributed by atoms with van der Waals surface area (Å²) >= 11 is 0. The number of nitrogens with two attached hydrogens (primary N) is 1. The molecule has 118 valence electrons. The molecule has 1 amide bonds. The van der Waals surface area contributed by atoms with Crippen LogP contribution in [0.25, 0.3) is 0 Å². The van der Waals surface area contributed by atoms with Gasteiger partial charge in [-0.3, -0.25) is 9.36 Å². The molecular weight excluding hydrogens is 293 g/mol. The Morgan fingerprint density at radius 2 is 1.76 bits per heavy atom. The summed E-state index contributed by atoms with van der Waals surface area (Å²) in [5.41, 5.74) is 7.19. The van der Waals surface area contributed by atoms with Crippen LogP contribution in [0.1, 0.15) is 54.1 Å². The van der Waals surface area contributed by atoms with E-state index in [0.717, 1.165) is 36.8 Å². The lowest BCUT2D eigenvalue weighted by molar-refractivity contribution is 0.0970. The minimum absolute atomic E-state index is 0.0459. The lowest BCUT2D eigenvalue weighted by Crippen LogP contribution is -2.13. The van der Waals surface area contributed by atoms with Gasteiger partial charge in [0, 0.05) is 5.56 Å². The number of hydrogen-bond donors (Lipinski definition) is 1. The summed E-state index contributed by atoms with van der Waals surface area (Å²) in [5.74, 6) is 0.130. The quantitative estimate of drug-likeness (QED) is 0.781. The Morgan fingerprint density at radius 1 is 1.19 bits per heavy atom. The lowest BCUT2D eigenvalue weighted by Gasteiger charge is -2.17. The molecule has 0 saturated carbocycles. The van der Waals surface area contributed by atoms with Crippen molar-refractivity contribution in [1.82, 2.24) is 0 Å². The van der Waals surface area contributed by atoms with E-state index in [1.165, 1.54) is 0 Å². The molecule has 6 nitrogen and oxygen atoms in total. The SMILES string of the molecule is CCOP(=O)(Cc1oc(C(N)=O)c2c1CCCC2)OCC. The first-order valence-electron chi connectivity index (χ1n) is 7.32. The third-order valence-electron chi connectivity index (χ3n) is 3.52. The van der Waals surface area contributed by atoms with Crippen molar-refractivity contribution in [2.24, 2.45) is 5.73 Å². The van der Waals surface area contributed by atoms with E-state index >= 15 is 0 Å². The van der Waals surface area contributed by atoms with Crippen LogP contribution < -0.4 is 5.73 Å². The minimum Gasteiger partial charge on any atom is -0.455 e. The van der Waals surface area contributed by atoms with Crippen molar-refractivity contribution >= 4 is 13.5 Å². The summed E-state index contributed by atoms with van der Waals surface area (Å²) in [4.78, 5) is 11.5. The molecule has 0 atom stereocenters. The lowest BCUT2D eigenvalue weighted by atomic mass is 9.92. The maximum absolute atomic E-state index is 12.6. The fourth-order valence-electron chi connectivity index (χ4n) is 2.73. The van der Waals surface area contributed by atoms with Crippen LogP contribution in [0.3, 0.4) is 0 Å². The molecule has 0 aromatic carbocycles. The molecule has 1 aliphatic rings. The summed E-state index contributed by atoms with van der Waals surface area (Å²) in [6.07, 6.45) is 3.64. The van der Waals surface area contributed by atoms with Crippen molar-refractivity contribution in [3.05, 3.63) is 22.6 Å². The maximum Gasteiger partial charge on any atom is 0.338 e. The van der Waals surface area contributed by atoms with Gasteiger partial charge in [0.05, 0.1) is 13.2 Å². The minimum atomic E-state index is -3.25. The first kappa shape index (κ1) is 16.3. The van der Waals surface area contributed by atoms with Crippen molar-refractivity contribution in [3.63, 3.8) is 0 Å². The standard InChI is InChI=1S/C14H22NO5P/c1-3-18-21(17,19-4-2)9-12-10-7-5-6-8-11(10)13(20-12)14(15)16/h3-9H2,1-2H3,(H2,15,16). The van der Waals surface area contributed by atoms with E-state index in [1.807, 2.05) is 0 Å². The highest BCUT2D eigenvalue weighted by atomic mass is 31.2. The van der Waals surface area contributed by atoms with Crippen molar-refractivity contribution in [2.45, 2.75) is 45.7 Å². The van der Waals surface area contributed by atoms with Gasteiger partial charge in [0.15, 0.2) is 5.76 Å². The van der Waals surface area contributed by atoms with Gasteiger partial charge in [0.25, 0.3) is 5.91 Å². The molecule has 2 rings (SSSR count). The van der Waals surface area contributed by atoms with Crippen molar-refractivity contribution < 1.29 is 22.8 Å². The van der Waals surface area contributed by atoms with E-state index in [9.17, 15) is 9.36 Å². The number of rotatable bonds is 7. The molecule has 1 aromatic heterocycles. The predicted molar refractivity (Wildman–Crippen MR) is 78.4 cm³/mol. The molecule has 1 aliphatic carbocycles. The van der Waals surface area contributed by atoms with Crippen LogP contribution in [0, 0.1) is 0 Å². The Bertz CT molecular complexity index is 556. The van der Waals surface area contributed by atoms with E-state index in [-0.39, 0.29) is 11.9 Å². The molecule has 0 spiro atoms. The largest absolute Gasteiger partial charge is 0.455 e. The first-order chi connectivity index (χ1) is 10.0. The van der Waals surface area contributed by atoms with E-state index in [2.05, 4.69) is 0 Å². The average Bonchev–Trinajstić information content (AvgIpc) is 2.78. The van der Waals surface area contributed by atoms with Crippen LogP contribution in [0.2, 0.25) is 0 Å². The topological polar surface area (TPSA) is 91.8 Å². The zero-order valence-electron chi connectivity index (χ0n) is 12.5. The molecular formula is C14H22NO5P. The molecule has 0 unspecified atom stereocenters. The summed E-state index contributed by atoms with van der Waals surface area (Å²) in [6.45, 7) is 4.11. The summed E-state index contributed by atoms with van der Waals surface area (Å²) in [7, 11) is -3.25. The molecule has 21 heavy (non-hydrogen) atoms. The average molecular weight is 315 g/mol. The fraction of sp³-hybridized carbons (Fsp3) is 0.643. The molecule has 0 aliphatic heterocycles. The van der Waals surface area contributed by atoms with E-state index in [0.29, 0.717) is 19.0 Å². The molecule has 0 bridgehead atoms. The zero-order chi connectivity index (χ0) is 15.5. The fourth-order valence-corrected chi connectivity index (χ4v) is 4.39. The van der Waals surface area contributed by atoms with Crippen LogP contribution in [-0.2, 0) is 32.6 Å². The van der Waals surface area contributed by atoms with E-state index in [1.54, 1.807) is 13.8 Å². The number of carbonyl (C=O) groups excluding carboxylic acids is 1. The summed E-state index contributed by atoms with van der Waals surface area (Å²) in [6, 6.07) is 0. The zero-order valence-corrected chi connectivity index (χ0v) is 13.4. The number of carbonyl (C=O) groups is 1. The smallest absolute Gasteiger partial charge is 0.338 e. The van der Waals surface area contributed by atoms with Crippen molar-refractivity contribution in [1.29, 1.82) is 0 Å². The normalized spacial score (nSPS) is 15.0. The molecule has 7 heteroatoms. The van der Waals surface area contributed by atoms with Crippen molar-refractivity contribution in [2.75, 3.05) is 13.2 Å². The monoisotopic (exact) mass is 315 g/mol. The molecule has 2 N–H and O–H groups in total. The summed E-state index contributed by atoms with van der Waals surface area (Å²) < 4.78 is 28.8. The van der Waals surface area contributed by atoms with Crippen molar-refractivity contribution in [3.8, 4) is 0 Å². The van der Waals surface area contributed by atoms with Crippen LogP contribution in [-0.4, -0.2) is 19.1 Å². The number of furan rings is 1. The van der Waals surface area contributed by atoms with Gasteiger partial charge in [-0.05, 0) is 45.1 Å². The Balaban J connectivity index is 2.35. The third kappa shape index (κ3) is 3.57. The van der Waals surface area contributed by atoms with Gasteiger partial charge >= 0.3 is 7.60 Å². The van der Waals surface area contributed by atoms with Gasteiger partial charge < -0.3 is 19.2 Å². The van der Waals surface area contributed by atoms with Gasteiger partial charge in [0.1, 0.15) is 11.9 Å². The molecule has 0 fully saturated rings. The van der Waals surface area contributed by atoms with Crippen LogP contribution >= 0.6 is 7.60 Å². The van der Waals surface area contributed by atoms with Gasteiger partial charge in [-0.2, -0.15) is 0 Å². The van der Waals surface area contributed by atoms with Crippen LogP contribution in [0.4, 0.5) is 0 Å². The Labute approximate surface area is 124 Å². The van der Waals surface area contributed by atoms with E-state index in [4.69, 9.17) is 19.2 Å². The highest BCUT2D eigenvalue weighted by molar-refractivity contribution is 7.53. The Morgan fingerprint density at radius 3 is 2.29 bits per heavy atom.